The molecule has 1 aliphatic carbocycles. The van der Waals surface area contributed by atoms with E-state index in [1.54, 1.807) is 17.6 Å². The van der Waals surface area contributed by atoms with Gasteiger partial charge in [0, 0.05) is 11.6 Å². The number of rotatable bonds is 1. The zero-order chi connectivity index (χ0) is 13.7. The summed E-state index contributed by atoms with van der Waals surface area (Å²) in [6.45, 7) is 0. The maximum atomic E-state index is 12.4. The summed E-state index contributed by atoms with van der Waals surface area (Å²) in [6.07, 6.45) is 1.51. The second kappa shape index (κ2) is 4.12. The average molecular weight is 299 g/mol. The van der Waals surface area contributed by atoms with E-state index in [0.717, 1.165) is 0 Å². The number of hydrogen-bond acceptors (Lipinski definition) is 7. The lowest BCUT2D eigenvalue weighted by molar-refractivity contribution is 0.0975. The van der Waals surface area contributed by atoms with Crippen molar-refractivity contribution in [2.75, 3.05) is 0 Å². The molecule has 0 N–H and O–H groups in total. The van der Waals surface area contributed by atoms with Gasteiger partial charge in [0.1, 0.15) is 27.0 Å². The molecule has 1 aliphatic rings. The van der Waals surface area contributed by atoms with Crippen LogP contribution >= 0.6 is 22.7 Å². The minimum absolute atomic E-state index is 0.207. The van der Waals surface area contributed by atoms with Crippen molar-refractivity contribution >= 4 is 34.2 Å². The fourth-order valence-electron chi connectivity index (χ4n) is 2.06. The molecule has 20 heavy (non-hydrogen) atoms. The maximum Gasteiger partial charge on any atom is 0.224 e. The fourth-order valence-corrected chi connectivity index (χ4v) is 3.64. The molecule has 0 radical (unpaired) electrons. The third-order valence-electron chi connectivity index (χ3n) is 2.97. The van der Waals surface area contributed by atoms with Gasteiger partial charge in [0.25, 0.3) is 0 Å². The molecule has 0 saturated heterocycles. The van der Waals surface area contributed by atoms with Crippen LogP contribution < -0.4 is 0 Å². The first-order valence-electron chi connectivity index (χ1n) is 5.69. The maximum absolute atomic E-state index is 12.4. The highest BCUT2D eigenvalue weighted by atomic mass is 32.1. The van der Waals surface area contributed by atoms with Crippen LogP contribution in [0.1, 0.15) is 31.4 Å². The largest absolute Gasteiger partial charge is 0.287 e. The lowest BCUT2D eigenvalue weighted by Crippen LogP contribution is -2.20. The van der Waals surface area contributed by atoms with E-state index in [9.17, 15) is 9.59 Å². The Morgan fingerprint density at radius 3 is 2.75 bits per heavy atom. The molecule has 0 bridgehead atoms. The molecule has 4 rings (SSSR count). The van der Waals surface area contributed by atoms with Crippen LogP contribution in [0.25, 0.3) is 10.7 Å². The Labute approximate surface area is 121 Å². The van der Waals surface area contributed by atoms with Crippen molar-refractivity contribution in [3.8, 4) is 10.7 Å². The van der Waals surface area contributed by atoms with E-state index in [1.807, 2.05) is 5.38 Å². The van der Waals surface area contributed by atoms with Crippen molar-refractivity contribution in [1.82, 2.24) is 15.0 Å². The van der Waals surface area contributed by atoms with E-state index >= 15 is 0 Å². The van der Waals surface area contributed by atoms with Crippen molar-refractivity contribution in [2.45, 2.75) is 0 Å². The van der Waals surface area contributed by atoms with Crippen molar-refractivity contribution in [1.29, 1.82) is 0 Å². The van der Waals surface area contributed by atoms with Gasteiger partial charge in [0.2, 0.25) is 11.6 Å². The first-order chi connectivity index (χ1) is 9.75. The summed E-state index contributed by atoms with van der Waals surface area (Å²) in [6, 6.07) is 3.25. The highest BCUT2D eigenvalue weighted by Crippen LogP contribution is 2.34. The van der Waals surface area contributed by atoms with Crippen LogP contribution in [0.3, 0.4) is 0 Å². The SMILES string of the molecule is O=C1c2cccnc2C(=O)c2sc(-c3cscn3)nc21. The minimum atomic E-state index is -0.250. The van der Waals surface area contributed by atoms with Gasteiger partial charge in [-0.3, -0.25) is 14.6 Å². The van der Waals surface area contributed by atoms with Gasteiger partial charge in [-0.2, -0.15) is 0 Å². The lowest BCUT2D eigenvalue weighted by Gasteiger charge is -2.10. The van der Waals surface area contributed by atoms with Crippen molar-refractivity contribution < 1.29 is 9.59 Å². The van der Waals surface area contributed by atoms with Crippen molar-refractivity contribution in [3.05, 3.63) is 51.0 Å². The molecular formula is C13H5N3O2S2. The van der Waals surface area contributed by atoms with Crippen LogP contribution in [-0.2, 0) is 0 Å². The van der Waals surface area contributed by atoms with Crippen LogP contribution in [0.4, 0.5) is 0 Å². The third-order valence-corrected chi connectivity index (χ3v) is 4.63. The standard InChI is InChI=1S/C13H5N3O2S2/c17-10-6-2-1-3-14-8(6)11(18)12-9(10)16-13(20-12)7-4-19-5-15-7/h1-5H. The predicted molar refractivity (Wildman–Crippen MR) is 74.3 cm³/mol. The Morgan fingerprint density at radius 1 is 1.05 bits per heavy atom. The van der Waals surface area contributed by atoms with Crippen LogP contribution in [0, 0.1) is 0 Å². The molecular weight excluding hydrogens is 294 g/mol. The summed E-state index contributed by atoms with van der Waals surface area (Å²) in [5, 5.41) is 2.43. The van der Waals surface area contributed by atoms with E-state index < -0.39 is 0 Å². The summed E-state index contributed by atoms with van der Waals surface area (Å²) in [4.78, 5) is 37.6. The molecule has 0 unspecified atom stereocenters. The van der Waals surface area contributed by atoms with Crippen molar-refractivity contribution in [2.24, 2.45) is 0 Å². The van der Waals surface area contributed by atoms with Crippen molar-refractivity contribution in [3.63, 3.8) is 0 Å². The van der Waals surface area contributed by atoms with Crippen LogP contribution in [-0.4, -0.2) is 26.5 Å². The number of nitrogens with zero attached hydrogens (tertiary/aromatic N) is 3. The minimum Gasteiger partial charge on any atom is -0.287 e. The van der Waals surface area contributed by atoms with Gasteiger partial charge in [0.15, 0.2) is 0 Å². The molecule has 3 aromatic rings. The second-order valence-electron chi connectivity index (χ2n) is 4.13. The second-order valence-corrected chi connectivity index (χ2v) is 5.85. The molecule has 0 amide bonds. The number of fused-ring (bicyclic) bond motifs is 2. The Kier molecular flexibility index (Phi) is 2.38. The van der Waals surface area contributed by atoms with Gasteiger partial charge in [-0.05, 0) is 12.1 Å². The Bertz CT molecular complexity index is 800. The monoisotopic (exact) mass is 299 g/mol. The first-order valence-corrected chi connectivity index (χ1v) is 7.45. The molecule has 5 nitrogen and oxygen atoms in total. The Morgan fingerprint density at radius 2 is 1.95 bits per heavy atom. The highest BCUT2D eigenvalue weighted by Gasteiger charge is 2.34. The van der Waals surface area contributed by atoms with Gasteiger partial charge in [-0.15, -0.1) is 22.7 Å². The van der Waals surface area contributed by atoms with E-state index in [2.05, 4.69) is 15.0 Å². The lowest BCUT2D eigenvalue weighted by atomic mass is 9.96. The molecule has 0 saturated carbocycles. The Balaban J connectivity index is 1.94. The number of thiazole rings is 2. The summed E-state index contributed by atoms with van der Waals surface area (Å²) >= 11 is 2.63. The van der Waals surface area contributed by atoms with Gasteiger partial charge in [-0.25, -0.2) is 9.97 Å². The number of carbonyl (C=O) groups excluding carboxylic acids is 2. The summed E-state index contributed by atoms with van der Waals surface area (Å²) in [5.74, 6) is -0.491. The van der Waals surface area contributed by atoms with E-state index in [1.165, 1.54) is 28.9 Å². The number of hydrogen-bond donors (Lipinski definition) is 0. The molecule has 0 fully saturated rings. The van der Waals surface area contributed by atoms with E-state index in [-0.39, 0.29) is 23.0 Å². The fraction of sp³-hybridized carbons (Fsp3) is 0. The Hall–Kier alpha value is -2.25. The smallest absolute Gasteiger partial charge is 0.224 e. The molecule has 3 aromatic heterocycles. The molecule has 0 atom stereocenters. The molecule has 96 valence electrons. The predicted octanol–water partition coefficient (Wildman–Crippen LogP) is 2.44. The van der Waals surface area contributed by atoms with Gasteiger partial charge in [-0.1, -0.05) is 0 Å². The van der Waals surface area contributed by atoms with Crippen LogP contribution in [0.2, 0.25) is 0 Å². The zero-order valence-electron chi connectivity index (χ0n) is 9.86. The average Bonchev–Trinajstić information content (AvgIpc) is 3.13. The highest BCUT2D eigenvalue weighted by molar-refractivity contribution is 7.18. The number of pyridine rings is 1. The zero-order valence-corrected chi connectivity index (χ0v) is 11.5. The van der Waals surface area contributed by atoms with Gasteiger partial charge in [0.05, 0.1) is 11.1 Å². The first kappa shape index (κ1) is 11.6. The van der Waals surface area contributed by atoms with Gasteiger partial charge < -0.3 is 0 Å². The summed E-state index contributed by atoms with van der Waals surface area (Å²) < 4.78 is 0. The summed E-state index contributed by atoms with van der Waals surface area (Å²) in [5.41, 5.74) is 3.12. The van der Waals surface area contributed by atoms with Crippen LogP contribution in [0.15, 0.2) is 29.2 Å². The molecule has 0 spiro atoms. The number of carbonyl (C=O) groups is 2. The molecule has 0 aliphatic heterocycles. The van der Waals surface area contributed by atoms with Gasteiger partial charge >= 0.3 is 0 Å². The molecule has 7 heteroatoms. The molecule has 0 aromatic carbocycles. The normalized spacial score (nSPS) is 13.2. The molecule has 3 heterocycles. The number of ketones is 2. The topological polar surface area (TPSA) is 72.8 Å². The quantitative estimate of drug-likeness (QED) is 0.540. The number of aromatic nitrogens is 3. The van der Waals surface area contributed by atoms with E-state index in [0.29, 0.717) is 21.1 Å². The third kappa shape index (κ3) is 1.50. The van der Waals surface area contributed by atoms with Crippen LogP contribution in [0.5, 0.6) is 0 Å². The summed E-state index contributed by atoms with van der Waals surface area (Å²) in [7, 11) is 0. The van der Waals surface area contributed by atoms with E-state index in [4.69, 9.17) is 0 Å².